The van der Waals surface area contributed by atoms with E-state index in [1.165, 1.54) is 17.8 Å². The summed E-state index contributed by atoms with van der Waals surface area (Å²) >= 11 is 6.56. The number of carbonyl (C=O) groups is 1. The van der Waals surface area contributed by atoms with Crippen molar-refractivity contribution < 1.29 is 9.21 Å². The van der Waals surface area contributed by atoms with Crippen molar-refractivity contribution in [2.24, 2.45) is 0 Å². The summed E-state index contributed by atoms with van der Waals surface area (Å²) in [7, 11) is 0. The molecule has 1 saturated heterocycles. The molecule has 0 N–H and O–H groups in total. The number of aryl methyl sites for hydroxylation is 1. The van der Waals surface area contributed by atoms with Crippen molar-refractivity contribution >= 4 is 50.9 Å². The Morgan fingerprint density at radius 3 is 2.79 bits per heavy atom. The maximum atomic E-state index is 11.9. The smallest absolute Gasteiger partial charge is 0.336 e. The summed E-state index contributed by atoms with van der Waals surface area (Å²) in [5, 5.41) is 0.771. The van der Waals surface area contributed by atoms with Crippen molar-refractivity contribution in [3.05, 3.63) is 40.2 Å². The van der Waals surface area contributed by atoms with Gasteiger partial charge in [-0.1, -0.05) is 24.0 Å². The number of carbonyl (C=O) groups excluding carboxylic acids is 1. The number of fused-ring (bicyclic) bond motifs is 1. The number of hydrogen-bond donors (Lipinski definition) is 0. The van der Waals surface area contributed by atoms with E-state index in [9.17, 15) is 9.59 Å². The van der Waals surface area contributed by atoms with E-state index in [1.54, 1.807) is 17.0 Å². The second kappa shape index (κ2) is 4.47. The molecule has 1 fully saturated rings. The van der Waals surface area contributed by atoms with Crippen LogP contribution in [-0.4, -0.2) is 16.0 Å². The third-order valence-corrected chi connectivity index (χ3v) is 4.29. The lowest BCUT2D eigenvalue weighted by atomic mass is 10.1. The van der Waals surface area contributed by atoms with Crippen LogP contribution in [0.15, 0.2) is 33.5 Å². The number of anilines is 1. The standard InChI is InChI=1S/C13H9NO3S2/c1-7-4-10-8(2-3-12(16)17-10)5-9(7)14-11(15)6-19-13(14)18/h2-5H,6H2,1H3. The number of rotatable bonds is 1. The lowest BCUT2D eigenvalue weighted by Gasteiger charge is -2.18. The van der Waals surface area contributed by atoms with E-state index in [1.807, 2.05) is 13.0 Å². The Labute approximate surface area is 118 Å². The molecule has 1 aromatic carbocycles. The highest BCUT2D eigenvalue weighted by Gasteiger charge is 2.29. The molecule has 1 amide bonds. The van der Waals surface area contributed by atoms with Gasteiger partial charge in [0.1, 0.15) is 9.90 Å². The summed E-state index contributed by atoms with van der Waals surface area (Å²) in [6.45, 7) is 1.86. The quantitative estimate of drug-likeness (QED) is 0.597. The van der Waals surface area contributed by atoms with Crippen molar-refractivity contribution in [1.82, 2.24) is 0 Å². The van der Waals surface area contributed by atoms with E-state index in [0.717, 1.165) is 16.6 Å². The van der Waals surface area contributed by atoms with Crippen LogP contribution in [0.2, 0.25) is 0 Å². The third kappa shape index (κ3) is 2.06. The van der Waals surface area contributed by atoms with E-state index in [0.29, 0.717) is 15.7 Å². The zero-order chi connectivity index (χ0) is 13.6. The van der Waals surface area contributed by atoms with Crippen molar-refractivity contribution in [3.8, 4) is 0 Å². The minimum absolute atomic E-state index is 0.0187. The summed E-state index contributed by atoms with van der Waals surface area (Å²) < 4.78 is 5.68. The van der Waals surface area contributed by atoms with E-state index in [4.69, 9.17) is 16.6 Å². The molecule has 2 aromatic rings. The van der Waals surface area contributed by atoms with Gasteiger partial charge in [0.25, 0.3) is 0 Å². The average molecular weight is 291 g/mol. The molecule has 3 rings (SSSR count). The largest absolute Gasteiger partial charge is 0.423 e. The van der Waals surface area contributed by atoms with Crippen LogP contribution in [0.25, 0.3) is 11.0 Å². The number of amides is 1. The van der Waals surface area contributed by atoms with Crippen LogP contribution in [0.5, 0.6) is 0 Å². The zero-order valence-electron chi connectivity index (χ0n) is 10.0. The van der Waals surface area contributed by atoms with Crippen LogP contribution in [0.3, 0.4) is 0 Å². The van der Waals surface area contributed by atoms with E-state index < -0.39 is 0 Å². The fraction of sp³-hybridized carbons (Fsp3) is 0.154. The lowest BCUT2D eigenvalue weighted by Crippen LogP contribution is -2.28. The van der Waals surface area contributed by atoms with Crippen LogP contribution in [-0.2, 0) is 4.79 Å². The topological polar surface area (TPSA) is 50.5 Å². The molecule has 0 spiro atoms. The van der Waals surface area contributed by atoms with Gasteiger partial charge in [0.15, 0.2) is 0 Å². The minimum Gasteiger partial charge on any atom is -0.423 e. The Morgan fingerprint density at radius 2 is 2.11 bits per heavy atom. The van der Waals surface area contributed by atoms with E-state index >= 15 is 0 Å². The number of hydrogen-bond acceptors (Lipinski definition) is 5. The molecule has 0 saturated carbocycles. The molecule has 0 unspecified atom stereocenters. The monoisotopic (exact) mass is 291 g/mol. The molecule has 96 valence electrons. The van der Waals surface area contributed by atoms with Crippen LogP contribution < -0.4 is 10.5 Å². The molecule has 2 heterocycles. The van der Waals surface area contributed by atoms with Gasteiger partial charge >= 0.3 is 5.63 Å². The molecule has 0 aliphatic carbocycles. The lowest BCUT2D eigenvalue weighted by molar-refractivity contribution is -0.115. The predicted octanol–water partition coefficient (Wildman–Crippen LogP) is 2.47. The number of nitrogens with zero attached hydrogens (tertiary/aromatic N) is 1. The molecular formula is C13H9NO3S2. The zero-order valence-corrected chi connectivity index (χ0v) is 11.6. The fourth-order valence-electron chi connectivity index (χ4n) is 2.03. The fourth-order valence-corrected chi connectivity index (χ4v) is 3.12. The van der Waals surface area contributed by atoms with Gasteiger partial charge in [-0.05, 0) is 30.7 Å². The van der Waals surface area contributed by atoms with E-state index in [2.05, 4.69) is 0 Å². The molecule has 4 nitrogen and oxygen atoms in total. The Bertz CT molecular complexity index is 750. The number of thioether (sulfide) groups is 1. The van der Waals surface area contributed by atoms with Gasteiger partial charge in [-0.2, -0.15) is 0 Å². The van der Waals surface area contributed by atoms with Crippen LogP contribution >= 0.6 is 24.0 Å². The Hall–Kier alpha value is -1.66. The molecule has 19 heavy (non-hydrogen) atoms. The molecule has 1 aromatic heterocycles. The Kier molecular flexibility index (Phi) is 2.91. The van der Waals surface area contributed by atoms with Crippen molar-refractivity contribution in [2.45, 2.75) is 6.92 Å². The van der Waals surface area contributed by atoms with Crippen LogP contribution in [0.1, 0.15) is 5.56 Å². The van der Waals surface area contributed by atoms with Gasteiger partial charge in [0, 0.05) is 11.5 Å². The third-order valence-electron chi connectivity index (χ3n) is 2.93. The van der Waals surface area contributed by atoms with Crippen LogP contribution in [0.4, 0.5) is 5.69 Å². The molecule has 0 atom stereocenters. The van der Waals surface area contributed by atoms with Crippen molar-refractivity contribution in [2.75, 3.05) is 10.7 Å². The van der Waals surface area contributed by atoms with Gasteiger partial charge in [-0.3, -0.25) is 9.69 Å². The molecule has 0 radical (unpaired) electrons. The maximum absolute atomic E-state index is 11.9. The van der Waals surface area contributed by atoms with Crippen molar-refractivity contribution in [1.29, 1.82) is 0 Å². The first-order chi connectivity index (χ1) is 9.06. The summed E-state index contributed by atoms with van der Waals surface area (Å²) in [5.74, 6) is 0.357. The molecule has 1 aliphatic rings. The van der Waals surface area contributed by atoms with Gasteiger partial charge in [-0.25, -0.2) is 4.79 Å². The predicted molar refractivity (Wildman–Crippen MR) is 79.8 cm³/mol. The average Bonchev–Trinajstić information content (AvgIpc) is 2.68. The highest BCUT2D eigenvalue weighted by molar-refractivity contribution is 8.24. The molecule has 6 heteroatoms. The normalized spacial score (nSPS) is 15.5. The van der Waals surface area contributed by atoms with Gasteiger partial charge in [0.2, 0.25) is 5.91 Å². The SMILES string of the molecule is Cc1cc2oc(=O)ccc2cc1N1C(=O)CSC1=S. The molecule has 0 bridgehead atoms. The van der Waals surface area contributed by atoms with Gasteiger partial charge < -0.3 is 4.42 Å². The highest BCUT2D eigenvalue weighted by atomic mass is 32.2. The first-order valence-corrected chi connectivity index (χ1v) is 7.00. The second-order valence-corrected chi connectivity index (χ2v) is 5.82. The second-order valence-electron chi connectivity index (χ2n) is 4.21. The summed E-state index contributed by atoms with van der Waals surface area (Å²) in [5.41, 5.74) is 1.73. The highest BCUT2D eigenvalue weighted by Crippen LogP contribution is 2.32. The Balaban J connectivity index is 2.22. The first-order valence-electron chi connectivity index (χ1n) is 5.60. The van der Waals surface area contributed by atoms with Gasteiger partial charge in [0.05, 0.1) is 11.4 Å². The van der Waals surface area contributed by atoms with Crippen LogP contribution in [0, 0.1) is 6.92 Å². The Morgan fingerprint density at radius 1 is 1.32 bits per heavy atom. The molecular weight excluding hydrogens is 282 g/mol. The number of benzene rings is 1. The van der Waals surface area contributed by atoms with Crippen molar-refractivity contribution in [3.63, 3.8) is 0 Å². The number of thiocarbonyl (C=S) groups is 1. The van der Waals surface area contributed by atoms with Gasteiger partial charge in [-0.15, -0.1) is 0 Å². The summed E-state index contributed by atoms with van der Waals surface area (Å²) in [4.78, 5) is 24.6. The maximum Gasteiger partial charge on any atom is 0.336 e. The summed E-state index contributed by atoms with van der Waals surface area (Å²) in [6, 6.07) is 6.62. The minimum atomic E-state index is -0.386. The first kappa shape index (κ1) is 12.4. The molecule has 1 aliphatic heterocycles. The summed E-state index contributed by atoms with van der Waals surface area (Å²) in [6.07, 6.45) is 0. The van der Waals surface area contributed by atoms with E-state index in [-0.39, 0.29) is 11.5 Å².